The summed E-state index contributed by atoms with van der Waals surface area (Å²) in [5.41, 5.74) is 2.83. The zero-order chi connectivity index (χ0) is 21.4. The highest BCUT2D eigenvalue weighted by molar-refractivity contribution is 6.37. The Kier molecular flexibility index (Phi) is 5.35. The van der Waals surface area contributed by atoms with Crippen molar-refractivity contribution in [1.29, 1.82) is 0 Å². The van der Waals surface area contributed by atoms with Crippen LogP contribution in [0.1, 0.15) is 49.1 Å². The molecule has 1 aliphatic carbocycles. The predicted octanol–water partition coefficient (Wildman–Crippen LogP) is 2.09. The first-order valence-electron chi connectivity index (χ1n) is 11.0. The number of carbonyl (C=O) groups is 1. The first kappa shape index (κ1) is 20.0. The Morgan fingerprint density at radius 1 is 1.19 bits per heavy atom. The van der Waals surface area contributed by atoms with Crippen LogP contribution >= 0.6 is 0 Å². The molecular weight excluding hydrogens is 389 g/mol. The van der Waals surface area contributed by atoms with Crippen LogP contribution in [0, 0.1) is 0 Å². The number of piperazine rings is 1. The molecule has 3 aromatic rings. The molecule has 0 amide bonds. The van der Waals surface area contributed by atoms with E-state index in [1.165, 1.54) is 0 Å². The lowest BCUT2D eigenvalue weighted by molar-refractivity contribution is 0.100. The van der Waals surface area contributed by atoms with Crippen molar-refractivity contribution in [3.63, 3.8) is 0 Å². The summed E-state index contributed by atoms with van der Waals surface area (Å²) in [6, 6.07) is 6.08. The Morgan fingerprint density at radius 3 is 2.65 bits per heavy atom. The van der Waals surface area contributed by atoms with Gasteiger partial charge in [-0.3, -0.25) is 4.79 Å². The van der Waals surface area contributed by atoms with E-state index in [1.54, 1.807) is 6.92 Å². The SMILES string of the molecule is [B]c1nc(Nc2ccc(N3CCNCC3)cn2)nc2c1cc(C(C)=O)n2C1CCCC1. The second-order valence-corrected chi connectivity index (χ2v) is 8.33. The molecule has 0 unspecified atom stereocenters. The van der Waals surface area contributed by atoms with Crippen LogP contribution in [0.5, 0.6) is 0 Å². The van der Waals surface area contributed by atoms with Gasteiger partial charge in [-0.25, -0.2) is 9.97 Å². The zero-order valence-electron chi connectivity index (χ0n) is 17.8. The summed E-state index contributed by atoms with van der Waals surface area (Å²) in [5, 5.41) is 7.26. The van der Waals surface area contributed by atoms with Crippen LogP contribution < -0.4 is 21.1 Å². The van der Waals surface area contributed by atoms with Crippen LogP contribution in [0.25, 0.3) is 11.0 Å². The van der Waals surface area contributed by atoms with E-state index in [1.807, 2.05) is 18.3 Å². The zero-order valence-corrected chi connectivity index (χ0v) is 17.8. The molecule has 3 aromatic heterocycles. The summed E-state index contributed by atoms with van der Waals surface area (Å²) in [5.74, 6) is 1.06. The van der Waals surface area contributed by atoms with Crippen LogP contribution in [0.3, 0.4) is 0 Å². The highest BCUT2D eigenvalue weighted by Gasteiger charge is 2.25. The number of Topliss-reactive ketones (excluding diaryl/α,β-unsaturated/α-hetero) is 1. The minimum Gasteiger partial charge on any atom is -0.368 e. The summed E-state index contributed by atoms with van der Waals surface area (Å²) >= 11 is 0. The number of fused-ring (bicyclic) bond motifs is 1. The molecule has 4 heterocycles. The molecule has 8 nitrogen and oxygen atoms in total. The monoisotopic (exact) mass is 415 g/mol. The Morgan fingerprint density at radius 2 is 1.97 bits per heavy atom. The number of nitrogens with zero attached hydrogens (tertiary/aromatic N) is 5. The van der Waals surface area contributed by atoms with Gasteiger partial charge in [-0.2, -0.15) is 4.98 Å². The number of anilines is 3. The van der Waals surface area contributed by atoms with Gasteiger partial charge in [-0.15, -0.1) is 0 Å². The number of hydrogen-bond acceptors (Lipinski definition) is 7. The fourth-order valence-corrected chi connectivity index (χ4v) is 4.66. The summed E-state index contributed by atoms with van der Waals surface area (Å²) in [7, 11) is 6.26. The Hall–Kier alpha value is -2.94. The first-order valence-corrected chi connectivity index (χ1v) is 11.0. The van der Waals surface area contributed by atoms with Gasteiger partial charge in [0.25, 0.3) is 0 Å². The van der Waals surface area contributed by atoms with E-state index in [0.717, 1.165) is 62.9 Å². The average molecular weight is 415 g/mol. The van der Waals surface area contributed by atoms with Crippen LogP contribution in [-0.2, 0) is 0 Å². The lowest BCUT2D eigenvalue weighted by Crippen LogP contribution is -2.43. The quantitative estimate of drug-likeness (QED) is 0.487. The lowest BCUT2D eigenvalue weighted by atomic mass is 10.0. The molecule has 2 fully saturated rings. The van der Waals surface area contributed by atoms with Crippen molar-refractivity contribution < 1.29 is 4.79 Å². The molecule has 31 heavy (non-hydrogen) atoms. The first-order chi connectivity index (χ1) is 15.1. The normalized spacial score (nSPS) is 17.4. The van der Waals surface area contributed by atoms with Crippen molar-refractivity contribution in [2.75, 3.05) is 36.4 Å². The highest BCUT2D eigenvalue weighted by atomic mass is 16.1. The predicted molar refractivity (Wildman–Crippen MR) is 123 cm³/mol. The molecule has 0 bridgehead atoms. The van der Waals surface area contributed by atoms with Crippen LogP contribution in [-0.4, -0.2) is 59.3 Å². The lowest BCUT2D eigenvalue weighted by Gasteiger charge is -2.29. The average Bonchev–Trinajstić information content (AvgIpc) is 3.43. The fourth-order valence-electron chi connectivity index (χ4n) is 4.66. The van der Waals surface area contributed by atoms with Crippen LogP contribution in [0.4, 0.5) is 17.5 Å². The summed E-state index contributed by atoms with van der Waals surface area (Å²) < 4.78 is 2.06. The van der Waals surface area contributed by atoms with Crippen molar-refractivity contribution in [2.45, 2.75) is 38.6 Å². The van der Waals surface area contributed by atoms with Crippen LogP contribution in [0.15, 0.2) is 24.4 Å². The summed E-state index contributed by atoms with van der Waals surface area (Å²) in [6.45, 7) is 5.50. The summed E-state index contributed by atoms with van der Waals surface area (Å²) in [6.07, 6.45) is 6.29. The van der Waals surface area contributed by atoms with Gasteiger partial charge in [-0.1, -0.05) is 12.8 Å². The number of ketones is 1. The molecule has 158 valence electrons. The van der Waals surface area contributed by atoms with Gasteiger partial charge in [0.2, 0.25) is 5.95 Å². The standard InChI is InChI=1S/C22H26BN7O/c1-14(31)18-12-17-20(23)27-22(28-21(17)30(18)15-4-2-3-5-15)26-19-7-6-16(13-25-19)29-10-8-24-9-11-29/h6-7,12-13,15,24H,2-5,8-11H2,1H3,(H,25,26,27,28). The van der Waals surface area contributed by atoms with Crippen molar-refractivity contribution in [1.82, 2.24) is 24.8 Å². The Balaban J connectivity index is 1.46. The highest BCUT2D eigenvalue weighted by Crippen LogP contribution is 2.34. The number of nitrogens with one attached hydrogen (secondary N) is 2. The molecule has 1 saturated heterocycles. The minimum atomic E-state index is 0.0176. The Labute approximate surface area is 182 Å². The van der Waals surface area contributed by atoms with E-state index in [-0.39, 0.29) is 11.8 Å². The smallest absolute Gasteiger partial charge is 0.229 e. The van der Waals surface area contributed by atoms with Crippen molar-refractivity contribution in [2.24, 2.45) is 0 Å². The largest absolute Gasteiger partial charge is 0.368 e. The van der Waals surface area contributed by atoms with E-state index in [2.05, 4.69) is 36.1 Å². The van der Waals surface area contributed by atoms with E-state index < -0.39 is 0 Å². The van der Waals surface area contributed by atoms with Gasteiger partial charge < -0.3 is 20.1 Å². The third-order valence-electron chi connectivity index (χ3n) is 6.24. The van der Waals surface area contributed by atoms with Gasteiger partial charge >= 0.3 is 0 Å². The summed E-state index contributed by atoms with van der Waals surface area (Å²) in [4.78, 5) is 28.3. The third-order valence-corrected chi connectivity index (χ3v) is 6.24. The van der Waals surface area contributed by atoms with Gasteiger partial charge in [0, 0.05) is 50.1 Å². The minimum absolute atomic E-state index is 0.0176. The molecule has 0 aromatic carbocycles. The van der Waals surface area contributed by atoms with E-state index >= 15 is 0 Å². The topological polar surface area (TPSA) is 88.0 Å². The van der Waals surface area contributed by atoms with Crippen molar-refractivity contribution in [3.05, 3.63) is 30.1 Å². The third kappa shape index (κ3) is 3.90. The maximum Gasteiger partial charge on any atom is 0.229 e. The van der Waals surface area contributed by atoms with Gasteiger partial charge in [0.15, 0.2) is 5.78 Å². The molecule has 1 aliphatic heterocycles. The van der Waals surface area contributed by atoms with E-state index in [0.29, 0.717) is 28.7 Å². The second-order valence-electron chi connectivity index (χ2n) is 8.33. The second kappa shape index (κ2) is 8.30. The molecule has 1 saturated carbocycles. The molecule has 2 N–H and O–H groups in total. The number of aromatic nitrogens is 4. The number of pyridine rings is 1. The van der Waals surface area contributed by atoms with Gasteiger partial charge in [0.05, 0.1) is 17.6 Å². The van der Waals surface area contributed by atoms with Crippen molar-refractivity contribution >= 4 is 47.7 Å². The maximum absolute atomic E-state index is 12.3. The molecule has 0 atom stereocenters. The molecule has 5 rings (SSSR count). The number of hydrogen-bond donors (Lipinski definition) is 2. The Bertz CT molecular complexity index is 1100. The van der Waals surface area contributed by atoms with Gasteiger partial charge in [0.1, 0.15) is 19.3 Å². The molecule has 2 radical (unpaired) electrons. The molecule has 0 spiro atoms. The van der Waals surface area contributed by atoms with Gasteiger partial charge in [-0.05, 0) is 31.0 Å². The molecular formula is C22H26BN7O. The number of carbonyl (C=O) groups excluding carboxylic acids is 1. The fraction of sp³-hybridized carbons (Fsp3) is 0.455. The molecule has 2 aliphatic rings. The van der Waals surface area contributed by atoms with Crippen molar-refractivity contribution in [3.8, 4) is 0 Å². The van der Waals surface area contributed by atoms with Crippen LogP contribution in [0.2, 0.25) is 0 Å². The van der Waals surface area contributed by atoms with E-state index in [4.69, 9.17) is 12.8 Å². The maximum atomic E-state index is 12.3. The molecule has 9 heteroatoms. The van der Waals surface area contributed by atoms with E-state index in [9.17, 15) is 4.79 Å². The number of rotatable bonds is 5.